The summed E-state index contributed by atoms with van der Waals surface area (Å²) >= 11 is 0. The van der Waals surface area contributed by atoms with Crippen molar-refractivity contribution in [3.63, 3.8) is 0 Å². The second-order valence-corrected chi connectivity index (χ2v) is 5.05. The third-order valence-electron chi connectivity index (χ3n) is 3.59. The van der Waals surface area contributed by atoms with Gasteiger partial charge < -0.3 is 4.98 Å². The highest BCUT2D eigenvalue weighted by atomic mass is 16.1. The smallest absolute Gasteiger partial charge is 0.195 e. The second-order valence-electron chi connectivity index (χ2n) is 5.05. The van der Waals surface area contributed by atoms with Crippen LogP contribution in [0.3, 0.4) is 0 Å². The van der Waals surface area contributed by atoms with E-state index >= 15 is 0 Å². The molecular formula is C20H15NO2. The minimum Gasteiger partial charge on any atom is -0.360 e. The van der Waals surface area contributed by atoms with Gasteiger partial charge in [-0.2, -0.15) is 0 Å². The van der Waals surface area contributed by atoms with Gasteiger partial charge in [-0.05, 0) is 17.7 Å². The van der Waals surface area contributed by atoms with Crippen molar-refractivity contribution in [2.75, 3.05) is 0 Å². The van der Waals surface area contributed by atoms with E-state index in [2.05, 4.69) is 4.98 Å². The molecule has 1 aromatic heterocycles. The van der Waals surface area contributed by atoms with Crippen molar-refractivity contribution in [3.8, 4) is 11.3 Å². The Kier molecular flexibility index (Phi) is 4.29. The Bertz CT molecular complexity index is 846. The predicted octanol–water partition coefficient (Wildman–Crippen LogP) is 4.12. The Morgan fingerprint density at radius 2 is 1.57 bits per heavy atom. The SMILES string of the molecule is O=C/C=C/c1c[nH]c(-c2ccccc2)c1C(=O)c1ccccc1. The zero-order valence-corrected chi connectivity index (χ0v) is 12.4. The highest BCUT2D eigenvalue weighted by Crippen LogP contribution is 2.28. The van der Waals surface area contributed by atoms with Gasteiger partial charge >= 0.3 is 0 Å². The van der Waals surface area contributed by atoms with E-state index in [-0.39, 0.29) is 5.78 Å². The Balaban J connectivity index is 2.15. The molecule has 0 atom stereocenters. The highest BCUT2D eigenvalue weighted by Gasteiger charge is 2.19. The third kappa shape index (κ3) is 3.04. The Morgan fingerprint density at radius 3 is 2.22 bits per heavy atom. The van der Waals surface area contributed by atoms with E-state index in [1.165, 1.54) is 6.08 Å². The molecule has 0 unspecified atom stereocenters. The summed E-state index contributed by atoms with van der Waals surface area (Å²) in [5.41, 5.74) is 3.57. The second kappa shape index (κ2) is 6.71. The van der Waals surface area contributed by atoms with E-state index in [9.17, 15) is 9.59 Å². The summed E-state index contributed by atoms with van der Waals surface area (Å²) in [6, 6.07) is 18.8. The normalized spacial score (nSPS) is 10.8. The number of H-pyrrole nitrogens is 1. The van der Waals surface area contributed by atoms with E-state index in [0.29, 0.717) is 23.0 Å². The first-order chi connectivity index (χ1) is 11.3. The number of carbonyl (C=O) groups excluding carboxylic acids is 2. The summed E-state index contributed by atoms with van der Waals surface area (Å²) in [4.78, 5) is 26.7. The molecule has 3 rings (SSSR count). The number of aromatic amines is 1. The molecule has 2 aromatic carbocycles. The fourth-order valence-corrected chi connectivity index (χ4v) is 2.52. The molecule has 1 N–H and O–H groups in total. The van der Waals surface area contributed by atoms with Crippen LogP contribution in [-0.2, 0) is 4.79 Å². The summed E-state index contributed by atoms with van der Waals surface area (Å²) in [5.74, 6) is -0.0729. The van der Waals surface area contributed by atoms with Gasteiger partial charge in [0.05, 0.1) is 11.3 Å². The summed E-state index contributed by atoms with van der Waals surface area (Å²) < 4.78 is 0. The van der Waals surface area contributed by atoms with Gasteiger partial charge in [-0.25, -0.2) is 0 Å². The number of aromatic nitrogens is 1. The van der Waals surface area contributed by atoms with Crippen molar-refractivity contribution < 1.29 is 9.59 Å². The average Bonchev–Trinajstić information content (AvgIpc) is 3.04. The number of hydrogen-bond acceptors (Lipinski definition) is 2. The fourth-order valence-electron chi connectivity index (χ4n) is 2.52. The van der Waals surface area contributed by atoms with Gasteiger partial charge in [0.1, 0.15) is 6.29 Å². The minimum atomic E-state index is -0.0729. The van der Waals surface area contributed by atoms with Gasteiger partial charge in [-0.15, -0.1) is 0 Å². The molecule has 3 heteroatoms. The van der Waals surface area contributed by atoms with E-state index in [0.717, 1.165) is 11.3 Å². The molecule has 0 radical (unpaired) electrons. The maximum Gasteiger partial charge on any atom is 0.195 e. The lowest BCUT2D eigenvalue weighted by Gasteiger charge is -2.06. The summed E-state index contributed by atoms with van der Waals surface area (Å²) in [7, 11) is 0. The van der Waals surface area contributed by atoms with Crippen molar-refractivity contribution in [1.82, 2.24) is 4.98 Å². The number of allylic oxidation sites excluding steroid dienone is 1. The average molecular weight is 301 g/mol. The lowest BCUT2D eigenvalue weighted by Crippen LogP contribution is -2.03. The summed E-state index contributed by atoms with van der Waals surface area (Å²) in [5, 5.41) is 0. The molecular weight excluding hydrogens is 286 g/mol. The Hall–Kier alpha value is -3.20. The van der Waals surface area contributed by atoms with Crippen LogP contribution >= 0.6 is 0 Å². The lowest BCUT2D eigenvalue weighted by molar-refractivity contribution is -0.104. The van der Waals surface area contributed by atoms with Gasteiger partial charge in [0.2, 0.25) is 0 Å². The molecule has 0 amide bonds. The topological polar surface area (TPSA) is 49.9 Å². The third-order valence-corrected chi connectivity index (χ3v) is 3.59. The Morgan fingerprint density at radius 1 is 0.913 bits per heavy atom. The molecule has 3 aromatic rings. The van der Waals surface area contributed by atoms with Crippen LogP contribution in [0.4, 0.5) is 0 Å². The first kappa shape index (κ1) is 14.7. The summed E-state index contributed by atoms with van der Waals surface area (Å²) in [6.07, 6.45) is 5.48. The standard InChI is InChI=1S/C20H15NO2/c22-13-7-12-17-14-21-19(15-8-3-1-4-9-15)18(17)20(23)16-10-5-2-6-11-16/h1-14,21H/b12-7+. The van der Waals surface area contributed by atoms with Crippen molar-refractivity contribution in [2.45, 2.75) is 0 Å². The molecule has 0 aliphatic carbocycles. The first-order valence-electron chi connectivity index (χ1n) is 7.29. The number of nitrogens with one attached hydrogen (secondary N) is 1. The predicted molar refractivity (Wildman–Crippen MR) is 91.2 cm³/mol. The van der Waals surface area contributed by atoms with Crippen molar-refractivity contribution in [2.24, 2.45) is 0 Å². The molecule has 112 valence electrons. The first-order valence-corrected chi connectivity index (χ1v) is 7.29. The van der Waals surface area contributed by atoms with Crippen molar-refractivity contribution in [1.29, 1.82) is 0 Å². The largest absolute Gasteiger partial charge is 0.360 e. The maximum absolute atomic E-state index is 12.9. The number of aldehydes is 1. The molecule has 0 saturated carbocycles. The number of rotatable bonds is 5. The zero-order valence-electron chi connectivity index (χ0n) is 12.4. The van der Waals surface area contributed by atoms with Crippen LogP contribution in [0.15, 0.2) is 72.9 Å². The monoisotopic (exact) mass is 301 g/mol. The van der Waals surface area contributed by atoms with E-state index in [1.54, 1.807) is 24.4 Å². The minimum absolute atomic E-state index is 0.0729. The molecule has 23 heavy (non-hydrogen) atoms. The Labute approximate surface area is 134 Å². The van der Waals surface area contributed by atoms with Gasteiger partial charge in [0, 0.05) is 17.3 Å². The van der Waals surface area contributed by atoms with Crippen LogP contribution in [0.25, 0.3) is 17.3 Å². The van der Waals surface area contributed by atoms with Crippen LogP contribution in [0.1, 0.15) is 21.5 Å². The lowest BCUT2D eigenvalue weighted by atomic mass is 9.96. The van der Waals surface area contributed by atoms with Gasteiger partial charge in [0.25, 0.3) is 0 Å². The fraction of sp³-hybridized carbons (Fsp3) is 0. The van der Waals surface area contributed by atoms with Crippen molar-refractivity contribution >= 4 is 18.1 Å². The number of benzene rings is 2. The van der Waals surface area contributed by atoms with Crippen LogP contribution in [0.5, 0.6) is 0 Å². The molecule has 0 aliphatic rings. The number of carbonyl (C=O) groups is 2. The number of hydrogen-bond donors (Lipinski definition) is 1. The molecule has 0 aliphatic heterocycles. The van der Waals surface area contributed by atoms with E-state index < -0.39 is 0 Å². The van der Waals surface area contributed by atoms with Gasteiger partial charge in [-0.1, -0.05) is 60.7 Å². The van der Waals surface area contributed by atoms with Crippen LogP contribution in [0.2, 0.25) is 0 Å². The van der Waals surface area contributed by atoms with Gasteiger partial charge in [-0.3, -0.25) is 9.59 Å². The van der Waals surface area contributed by atoms with E-state index in [1.807, 2.05) is 48.5 Å². The molecule has 0 fully saturated rings. The summed E-state index contributed by atoms with van der Waals surface area (Å²) in [6.45, 7) is 0. The number of ketones is 1. The van der Waals surface area contributed by atoms with Crippen LogP contribution in [0, 0.1) is 0 Å². The molecule has 0 bridgehead atoms. The van der Waals surface area contributed by atoms with Crippen molar-refractivity contribution in [3.05, 3.63) is 89.6 Å². The molecule has 0 saturated heterocycles. The maximum atomic E-state index is 12.9. The van der Waals surface area contributed by atoms with Gasteiger partial charge in [0.15, 0.2) is 5.78 Å². The zero-order chi connectivity index (χ0) is 16.1. The van der Waals surface area contributed by atoms with Crippen LogP contribution < -0.4 is 0 Å². The molecule has 0 spiro atoms. The van der Waals surface area contributed by atoms with Crippen LogP contribution in [-0.4, -0.2) is 17.1 Å². The molecule has 1 heterocycles. The van der Waals surface area contributed by atoms with E-state index in [4.69, 9.17) is 0 Å². The quantitative estimate of drug-likeness (QED) is 0.438. The highest BCUT2D eigenvalue weighted by molar-refractivity contribution is 6.14. The molecule has 3 nitrogen and oxygen atoms in total.